The van der Waals surface area contributed by atoms with Crippen LogP contribution in [0.15, 0.2) is 24.4 Å². The Morgan fingerprint density at radius 2 is 1.93 bits per heavy atom. The van der Waals surface area contributed by atoms with E-state index in [0.29, 0.717) is 30.1 Å². The van der Waals surface area contributed by atoms with Crippen molar-refractivity contribution < 1.29 is 14.3 Å². The fourth-order valence-corrected chi connectivity index (χ4v) is 3.45. The van der Waals surface area contributed by atoms with Crippen LogP contribution in [0.1, 0.15) is 56.1 Å². The molecule has 0 bridgehead atoms. The number of pyridine rings is 1. The number of amides is 1. The molecule has 1 atom stereocenters. The maximum atomic E-state index is 12.6. The highest BCUT2D eigenvalue weighted by atomic mass is 35.5. The minimum absolute atomic E-state index is 0.0255. The first-order chi connectivity index (χ1) is 13.5. The maximum absolute atomic E-state index is 12.6. The largest absolute Gasteiger partial charge is 0.462 e. The second kappa shape index (κ2) is 10.4. The van der Waals surface area contributed by atoms with Gasteiger partial charge in [0.1, 0.15) is 0 Å². The summed E-state index contributed by atoms with van der Waals surface area (Å²) in [7, 11) is 0. The van der Waals surface area contributed by atoms with Gasteiger partial charge in [-0.2, -0.15) is 0 Å². The van der Waals surface area contributed by atoms with Crippen LogP contribution in [0.4, 0.5) is 0 Å². The summed E-state index contributed by atoms with van der Waals surface area (Å²) >= 11 is 6.21. The zero-order valence-electron chi connectivity index (χ0n) is 16.9. The lowest BCUT2D eigenvalue weighted by Gasteiger charge is -2.24. The van der Waals surface area contributed by atoms with E-state index in [9.17, 15) is 9.59 Å². The first-order valence-corrected chi connectivity index (χ1v) is 10.1. The van der Waals surface area contributed by atoms with Crippen molar-refractivity contribution in [3.05, 3.63) is 40.5 Å². The standard InChI is InChI=1S/C21H28ClN3O3/c1-5-17(24-13-19(26)25(6-2)7-3)20-15-11-14(22)9-10-18(15)23-12-16(20)21(27)28-8-4/h9-12,17,24H,5-8,13H2,1-4H3. The topological polar surface area (TPSA) is 71.5 Å². The molecule has 0 aliphatic rings. The molecule has 6 nitrogen and oxygen atoms in total. The summed E-state index contributed by atoms with van der Waals surface area (Å²) < 4.78 is 5.23. The lowest BCUT2D eigenvalue weighted by atomic mass is 9.95. The molecule has 7 heteroatoms. The summed E-state index contributed by atoms with van der Waals surface area (Å²) in [5.41, 5.74) is 1.90. The van der Waals surface area contributed by atoms with Crippen LogP contribution in [0.5, 0.6) is 0 Å². The molecule has 152 valence electrons. The van der Waals surface area contributed by atoms with E-state index in [0.717, 1.165) is 16.5 Å². The number of carbonyl (C=O) groups excluding carboxylic acids is 2. The molecular formula is C21H28ClN3O3. The van der Waals surface area contributed by atoms with Gasteiger partial charge in [-0.05, 0) is 51.0 Å². The average molecular weight is 406 g/mol. The van der Waals surface area contributed by atoms with Crippen molar-refractivity contribution >= 4 is 34.4 Å². The molecule has 2 rings (SSSR count). The van der Waals surface area contributed by atoms with Gasteiger partial charge < -0.3 is 15.0 Å². The predicted octanol–water partition coefficient (Wildman–Crippen LogP) is 3.97. The molecule has 1 aromatic heterocycles. The van der Waals surface area contributed by atoms with Crippen LogP contribution in [0, 0.1) is 0 Å². The van der Waals surface area contributed by atoms with Gasteiger partial charge in [-0.25, -0.2) is 4.79 Å². The van der Waals surface area contributed by atoms with Crippen LogP contribution >= 0.6 is 11.6 Å². The van der Waals surface area contributed by atoms with Crippen molar-refractivity contribution in [3.63, 3.8) is 0 Å². The van der Waals surface area contributed by atoms with Gasteiger partial charge in [0.2, 0.25) is 5.91 Å². The highest BCUT2D eigenvalue weighted by Crippen LogP contribution is 2.31. The van der Waals surface area contributed by atoms with Crippen LogP contribution in [-0.2, 0) is 9.53 Å². The first kappa shape index (κ1) is 22.1. The van der Waals surface area contributed by atoms with E-state index in [1.54, 1.807) is 30.2 Å². The predicted molar refractivity (Wildman–Crippen MR) is 112 cm³/mol. The molecule has 0 radical (unpaired) electrons. The second-order valence-corrected chi connectivity index (χ2v) is 6.81. The molecule has 2 aromatic rings. The van der Waals surface area contributed by atoms with Crippen LogP contribution in [0.25, 0.3) is 10.9 Å². The lowest BCUT2D eigenvalue weighted by Crippen LogP contribution is -2.39. The Balaban J connectivity index is 2.47. The summed E-state index contributed by atoms with van der Waals surface area (Å²) in [5.74, 6) is -0.403. The number of rotatable bonds is 9. The summed E-state index contributed by atoms with van der Waals surface area (Å²) in [5, 5.41) is 4.66. The summed E-state index contributed by atoms with van der Waals surface area (Å²) in [6.07, 6.45) is 2.23. The zero-order valence-corrected chi connectivity index (χ0v) is 17.7. The molecule has 1 aromatic carbocycles. The molecule has 0 saturated carbocycles. The van der Waals surface area contributed by atoms with Gasteiger partial charge in [0.05, 0.1) is 24.2 Å². The Morgan fingerprint density at radius 1 is 1.21 bits per heavy atom. The number of carbonyl (C=O) groups is 2. The van der Waals surface area contributed by atoms with Gasteiger partial charge in [0.25, 0.3) is 0 Å². The number of esters is 1. The van der Waals surface area contributed by atoms with Crippen LogP contribution in [0.3, 0.4) is 0 Å². The number of aromatic nitrogens is 1. The Hall–Kier alpha value is -2.18. The Kier molecular flexibility index (Phi) is 8.20. The monoisotopic (exact) mass is 405 g/mol. The third-order valence-corrected chi connectivity index (χ3v) is 4.97. The fraction of sp³-hybridized carbons (Fsp3) is 0.476. The Morgan fingerprint density at radius 3 is 2.54 bits per heavy atom. The summed E-state index contributed by atoms with van der Waals surface area (Å²) in [6.45, 7) is 9.47. The fourth-order valence-electron chi connectivity index (χ4n) is 3.28. The van der Waals surface area contributed by atoms with Crippen molar-refractivity contribution in [3.8, 4) is 0 Å². The van der Waals surface area contributed by atoms with Crippen LogP contribution in [0.2, 0.25) is 5.02 Å². The summed E-state index contributed by atoms with van der Waals surface area (Å²) in [4.78, 5) is 31.2. The molecule has 28 heavy (non-hydrogen) atoms. The molecule has 0 saturated heterocycles. The first-order valence-electron chi connectivity index (χ1n) is 9.73. The number of hydrogen-bond donors (Lipinski definition) is 1. The number of fused-ring (bicyclic) bond motifs is 1. The SMILES string of the molecule is CCOC(=O)c1cnc2ccc(Cl)cc2c1C(CC)NCC(=O)N(CC)CC. The number of nitrogens with zero attached hydrogens (tertiary/aromatic N) is 2. The van der Waals surface area contributed by atoms with Crippen molar-refractivity contribution in [1.82, 2.24) is 15.2 Å². The van der Waals surface area contributed by atoms with Gasteiger partial charge in [-0.3, -0.25) is 9.78 Å². The normalized spacial score (nSPS) is 12.0. The van der Waals surface area contributed by atoms with E-state index in [2.05, 4.69) is 10.3 Å². The third-order valence-electron chi connectivity index (χ3n) is 4.74. The quantitative estimate of drug-likeness (QED) is 0.639. The molecule has 1 amide bonds. The molecule has 1 unspecified atom stereocenters. The smallest absolute Gasteiger partial charge is 0.340 e. The third kappa shape index (κ3) is 5.00. The van der Waals surface area contributed by atoms with Crippen LogP contribution < -0.4 is 5.32 Å². The highest BCUT2D eigenvalue weighted by Gasteiger charge is 2.24. The summed E-state index contributed by atoms with van der Waals surface area (Å²) in [6, 6.07) is 5.17. The van der Waals surface area contributed by atoms with Gasteiger partial charge in [0.15, 0.2) is 0 Å². The minimum atomic E-state index is -0.429. The van der Waals surface area contributed by atoms with Gasteiger partial charge >= 0.3 is 5.97 Å². The number of halogens is 1. The Labute approximate surface area is 171 Å². The molecule has 1 heterocycles. The van der Waals surface area contributed by atoms with Gasteiger partial charge in [0, 0.05) is 35.7 Å². The highest BCUT2D eigenvalue weighted by molar-refractivity contribution is 6.31. The van der Waals surface area contributed by atoms with Crippen molar-refractivity contribution in [2.45, 2.75) is 40.2 Å². The molecule has 0 spiro atoms. The number of ether oxygens (including phenoxy) is 1. The zero-order chi connectivity index (χ0) is 20.7. The van der Waals surface area contributed by atoms with E-state index in [4.69, 9.17) is 16.3 Å². The van der Waals surface area contributed by atoms with E-state index in [1.807, 2.05) is 26.8 Å². The molecule has 0 aliphatic heterocycles. The Bertz CT molecular complexity index is 837. The minimum Gasteiger partial charge on any atom is -0.462 e. The van der Waals surface area contributed by atoms with E-state index >= 15 is 0 Å². The lowest BCUT2D eigenvalue weighted by molar-refractivity contribution is -0.130. The number of benzene rings is 1. The van der Waals surface area contributed by atoms with Crippen molar-refractivity contribution in [1.29, 1.82) is 0 Å². The van der Waals surface area contributed by atoms with E-state index in [-0.39, 0.29) is 25.1 Å². The average Bonchev–Trinajstić information content (AvgIpc) is 2.69. The number of nitrogens with one attached hydrogen (secondary N) is 1. The van der Waals surface area contributed by atoms with E-state index in [1.165, 1.54) is 0 Å². The van der Waals surface area contributed by atoms with Crippen molar-refractivity contribution in [2.75, 3.05) is 26.2 Å². The molecule has 0 fully saturated rings. The number of hydrogen-bond acceptors (Lipinski definition) is 5. The van der Waals surface area contributed by atoms with E-state index < -0.39 is 5.97 Å². The van der Waals surface area contributed by atoms with Crippen LogP contribution in [-0.4, -0.2) is 48.0 Å². The van der Waals surface area contributed by atoms with Gasteiger partial charge in [-0.1, -0.05) is 18.5 Å². The van der Waals surface area contributed by atoms with Gasteiger partial charge in [-0.15, -0.1) is 0 Å². The number of likely N-dealkylation sites (N-methyl/N-ethyl adjacent to an activating group) is 1. The van der Waals surface area contributed by atoms with Crippen molar-refractivity contribution in [2.24, 2.45) is 0 Å². The molecular weight excluding hydrogens is 378 g/mol. The molecule has 0 aliphatic carbocycles. The maximum Gasteiger partial charge on any atom is 0.340 e. The molecule has 1 N–H and O–H groups in total. The second-order valence-electron chi connectivity index (χ2n) is 6.38.